The Labute approximate surface area is 130 Å². The second kappa shape index (κ2) is 6.19. The molecule has 2 rings (SSSR count). The first kappa shape index (κ1) is 15.4. The summed E-state index contributed by atoms with van der Waals surface area (Å²) in [7, 11) is 0. The minimum absolute atomic E-state index is 0.0363. The lowest BCUT2D eigenvalue weighted by Gasteiger charge is -2.06. The molecular formula is C16H19Cl2NO. The molecule has 1 saturated carbocycles. The second-order valence-electron chi connectivity index (χ2n) is 5.81. The Morgan fingerprint density at radius 3 is 2.55 bits per heavy atom. The van der Waals surface area contributed by atoms with E-state index in [1.54, 1.807) is 6.08 Å². The Morgan fingerprint density at radius 1 is 1.30 bits per heavy atom. The van der Waals surface area contributed by atoms with Crippen LogP contribution in [0.2, 0.25) is 0 Å². The van der Waals surface area contributed by atoms with Crippen LogP contribution in [0.15, 0.2) is 40.9 Å². The summed E-state index contributed by atoms with van der Waals surface area (Å²) in [5.74, 6) is 0.178. The predicted molar refractivity (Wildman–Crippen MR) is 83.7 cm³/mol. The van der Waals surface area contributed by atoms with Gasteiger partial charge in [-0.1, -0.05) is 67.4 Å². The predicted octanol–water partition coefficient (Wildman–Crippen LogP) is 3.94. The summed E-state index contributed by atoms with van der Waals surface area (Å²) < 4.78 is 0.239. The molecule has 0 aliphatic heterocycles. The average Bonchev–Trinajstić information content (AvgIpc) is 2.91. The number of amides is 1. The van der Waals surface area contributed by atoms with Crippen LogP contribution in [0.25, 0.3) is 0 Å². The number of rotatable bonds is 5. The topological polar surface area (TPSA) is 29.1 Å². The largest absolute Gasteiger partial charge is 0.355 e. The van der Waals surface area contributed by atoms with Gasteiger partial charge in [-0.25, -0.2) is 0 Å². The highest BCUT2D eigenvalue weighted by molar-refractivity contribution is 6.55. The van der Waals surface area contributed by atoms with E-state index in [9.17, 15) is 4.79 Å². The number of hydrogen-bond donors (Lipinski definition) is 1. The van der Waals surface area contributed by atoms with Gasteiger partial charge < -0.3 is 5.32 Å². The van der Waals surface area contributed by atoms with E-state index in [4.69, 9.17) is 23.2 Å². The summed E-state index contributed by atoms with van der Waals surface area (Å²) in [4.78, 5) is 12.2. The SMILES string of the molecule is CC1(C)[C@@H](C=C(Cl)Cl)[C@@H]1C(=O)NCCc1ccccc1. The van der Waals surface area contributed by atoms with Crippen molar-refractivity contribution in [3.8, 4) is 0 Å². The highest BCUT2D eigenvalue weighted by Crippen LogP contribution is 2.59. The Morgan fingerprint density at radius 2 is 1.95 bits per heavy atom. The van der Waals surface area contributed by atoms with E-state index < -0.39 is 0 Å². The van der Waals surface area contributed by atoms with Crippen molar-refractivity contribution in [3.05, 3.63) is 46.5 Å². The molecule has 1 aliphatic carbocycles. The molecule has 1 aromatic carbocycles. The molecule has 108 valence electrons. The minimum Gasteiger partial charge on any atom is -0.355 e. The van der Waals surface area contributed by atoms with Gasteiger partial charge in [0.1, 0.15) is 4.49 Å². The highest BCUT2D eigenvalue weighted by atomic mass is 35.5. The maximum atomic E-state index is 12.2. The zero-order valence-electron chi connectivity index (χ0n) is 11.7. The van der Waals surface area contributed by atoms with Gasteiger partial charge in [-0.15, -0.1) is 0 Å². The summed E-state index contributed by atoms with van der Waals surface area (Å²) in [5, 5.41) is 3.00. The van der Waals surface area contributed by atoms with Crippen molar-refractivity contribution in [2.24, 2.45) is 17.3 Å². The van der Waals surface area contributed by atoms with Crippen molar-refractivity contribution in [1.82, 2.24) is 5.32 Å². The van der Waals surface area contributed by atoms with Crippen LogP contribution in [0.1, 0.15) is 19.4 Å². The standard InChI is InChI=1S/C16H19Cl2NO/c1-16(2)12(10-13(17)18)14(16)15(20)19-9-8-11-6-4-3-5-7-11/h3-7,10,12,14H,8-9H2,1-2H3,(H,19,20)/t12-,14+/m0/s1. The molecule has 2 atom stereocenters. The fourth-order valence-electron chi connectivity index (χ4n) is 2.71. The Bertz CT molecular complexity index is 506. The molecule has 1 N–H and O–H groups in total. The van der Waals surface area contributed by atoms with Gasteiger partial charge in [0.15, 0.2) is 0 Å². The summed E-state index contributed by atoms with van der Waals surface area (Å²) >= 11 is 11.4. The average molecular weight is 312 g/mol. The summed E-state index contributed by atoms with van der Waals surface area (Å²) in [6.45, 7) is 4.78. The number of benzene rings is 1. The van der Waals surface area contributed by atoms with Crippen LogP contribution in [0.4, 0.5) is 0 Å². The fraction of sp³-hybridized carbons (Fsp3) is 0.438. The smallest absolute Gasteiger partial charge is 0.224 e. The van der Waals surface area contributed by atoms with Gasteiger partial charge in [0, 0.05) is 6.54 Å². The van der Waals surface area contributed by atoms with E-state index in [0.29, 0.717) is 6.54 Å². The van der Waals surface area contributed by atoms with E-state index >= 15 is 0 Å². The molecule has 1 amide bonds. The number of halogens is 2. The Hall–Kier alpha value is -0.990. The highest BCUT2D eigenvalue weighted by Gasteiger charge is 2.60. The molecule has 0 spiro atoms. The van der Waals surface area contributed by atoms with E-state index in [1.807, 2.05) is 18.2 Å². The van der Waals surface area contributed by atoms with E-state index in [-0.39, 0.29) is 27.6 Å². The first-order chi connectivity index (χ1) is 9.43. The molecule has 1 fully saturated rings. The number of hydrogen-bond acceptors (Lipinski definition) is 1. The normalized spacial score (nSPS) is 23.0. The molecule has 20 heavy (non-hydrogen) atoms. The number of carbonyl (C=O) groups is 1. The molecule has 1 aromatic rings. The number of allylic oxidation sites excluding steroid dienone is 1. The molecule has 1 aliphatic rings. The third-order valence-electron chi connectivity index (χ3n) is 4.05. The van der Waals surface area contributed by atoms with E-state index in [0.717, 1.165) is 6.42 Å². The van der Waals surface area contributed by atoms with Crippen LogP contribution in [0, 0.1) is 17.3 Å². The van der Waals surface area contributed by atoms with Gasteiger partial charge in [-0.3, -0.25) is 4.79 Å². The van der Waals surface area contributed by atoms with Crippen LogP contribution in [-0.2, 0) is 11.2 Å². The van der Waals surface area contributed by atoms with E-state index in [2.05, 4.69) is 31.3 Å². The lowest BCUT2D eigenvalue weighted by molar-refractivity contribution is -0.123. The quantitative estimate of drug-likeness (QED) is 0.877. The van der Waals surface area contributed by atoms with Crippen LogP contribution >= 0.6 is 23.2 Å². The zero-order chi connectivity index (χ0) is 14.8. The summed E-state index contributed by atoms with van der Waals surface area (Å²) in [6, 6.07) is 10.1. The lowest BCUT2D eigenvalue weighted by Crippen LogP contribution is -2.28. The fourth-order valence-corrected chi connectivity index (χ4v) is 2.98. The lowest BCUT2D eigenvalue weighted by atomic mass is 10.1. The van der Waals surface area contributed by atoms with Crippen LogP contribution in [0.5, 0.6) is 0 Å². The van der Waals surface area contributed by atoms with Gasteiger partial charge in [0.25, 0.3) is 0 Å². The molecule has 0 heterocycles. The maximum Gasteiger partial charge on any atom is 0.224 e. The first-order valence-corrected chi connectivity index (χ1v) is 7.53. The van der Waals surface area contributed by atoms with Crippen molar-refractivity contribution >= 4 is 29.1 Å². The molecule has 2 nitrogen and oxygen atoms in total. The maximum absolute atomic E-state index is 12.2. The molecule has 4 heteroatoms. The molecule has 0 unspecified atom stereocenters. The molecule has 0 aromatic heterocycles. The van der Waals surface area contributed by atoms with Crippen molar-refractivity contribution < 1.29 is 4.79 Å². The summed E-state index contributed by atoms with van der Waals surface area (Å²) in [5.41, 5.74) is 1.16. The monoisotopic (exact) mass is 311 g/mol. The number of nitrogens with one attached hydrogen (secondary N) is 1. The Kier molecular flexibility index (Phi) is 4.77. The molecule has 0 saturated heterocycles. The third-order valence-corrected chi connectivity index (χ3v) is 4.31. The minimum atomic E-state index is -0.0636. The van der Waals surface area contributed by atoms with Crippen molar-refractivity contribution in [3.63, 3.8) is 0 Å². The molecule has 0 radical (unpaired) electrons. The van der Waals surface area contributed by atoms with E-state index in [1.165, 1.54) is 5.56 Å². The van der Waals surface area contributed by atoms with Gasteiger partial charge >= 0.3 is 0 Å². The number of carbonyl (C=O) groups excluding carboxylic acids is 1. The van der Waals surface area contributed by atoms with Crippen molar-refractivity contribution in [2.75, 3.05) is 6.54 Å². The van der Waals surface area contributed by atoms with Crippen molar-refractivity contribution in [1.29, 1.82) is 0 Å². The van der Waals surface area contributed by atoms with Crippen LogP contribution < -0.4 is 5.32 Å². The Balaban J connectivity index is 1.83. The first-order valence-electron chi connectivity index (χ1n) is 6.77. The van der Waals surface area contributed by atoms with Gasteiger partial charge in [-0.05, 0) is 29.4 Å². The molecule has 0 bridgehead atoms. The van der Waals surface area contributed by atoms with Gasteiger partial charge in [0.2, 0.25) is 5.91 Å². The second-order valence-corrected chi connectivity index (χ2v) is 6.82. The summed E-state index contributed by atoms with van der Waals surface area (Å²) in [6.07, 6.45) is 2.61. The van der Waals surface area contributed by atoms with Crippen LogP contribution in [0.3, 0.4) is 0 Å². The molecular weight excluding hydrogens is 293 g/mol. The zero-order valence-corrected chi connectivity index (χ0v) is 13.2. The van der Waals surface area contributed by atoms with Crippen LogP contribution in [-0.4, -0.2) is 12.5 Å². The van der Waals surface area contributed by atoms with Gasteiger partial charge in [0.05, 0.1) is 5.92 Å². The van der Waals surface area contributed by atoms with Crippen molar-refractivity contribution in [2.45, 2.75) is 20.3 Å². The van der Waals surface area contributed by atoms with Gasteiger partial charge in [-0.2, -0.15) is 0 Å². The third kappa shape index (κ3) is 3.56.